The number of ether oxygens (including phenoxy) is 1. The van der Waals surface area contributed by atoms with Gasteiger partial charge in [0.15, 0.2) is 11.6 Å². The lowest BCUT2D eigenvalue weighted by Gasteiger charge is -2.41. The monoisotopic (exact) mass is 1230 g/mol. The minimum absolute atomic E-state index is 0.0175. The normalized spacial score (nSPS) is 27.1. The molecule has 1 saturated heterocycles. The molecule has 22 heteroatoms. The summed E-state index contributed by atoms with van der Waals surface area (Å²) < 4.78 is 6.07. The van der Waals surface area contributed by atoms with Crippen molar-refractivity contribution in [3.8, 4) is 0 Å². The molecule has 0 saturated carbocycles. The van der Waals surface area contributed by atoms with Crippen molar-refractivity contribution in [3.63, 3.8) is 0 Å². The zero-order valence-electron chi connectivity index (χ0n) is 57.6. The highest BCUT2D eigenvalue weighted by atomic mass is 16.5. The molecule has 1 aliphatic rings. The summed E-state index contributed by atoms with van der Waals surface area (Å²) >= 11 is 0. The fourth-order valence-corrected chi connectivity index (χ4v) is 11.4. The Labute approximate surface area is 522 Å². The molecule has 0 aromatic heterocycles. The summed E-state index contributed by atoms with van der Waals surface area (Å²) in [7, 11) is 10.0. The second-order valence-electron chi connectivity index (χ2n) is 26.6. The third kappa shape index (κ3) is 22.3. The number of rotatable bonds is 17. The SMILES string of the molecule is C/C=C/C[C@@H](C)[C@@H](O)[C@H]1C(=O)N[C@@H](CC)C(=O)N(C)CC(=O)N(C)[C@@H]([C@@H](C)OCCC)C(=O)C[C@@H](C(C)C)C(=O)N(C)[C@@H](CC(C)C)C(=O)C[C@@H](C)C(=O)N[C@H](C)C(=O)N(C)[C@@H](CC(C)C)C(=O)N(C)[C@@H](CC(C)C)C(=O)N(C)[C@@H](C(C)C)C(=O)N1C. The minimum Gasteiger partial charge on any atom is -0.390 e. The minimum atomic E-state index is -1.61. The maximum atomic E-state index is 15.2. The maximum absolute atomic E-state index is 15.2. The molecule has 0 radical (unpaired) electrons. The summed E-state index contributed by atoms with van der Waals surface area (Å²) in [6.07, 6.45) is 2.04. The number of aliphatic hydroxyl groups is 1. The van der Waals surface area contributed by atoms with Crippen LogP contribution in [0.3, 0.4) is 0 Å². The van der Waals surface area contributed by atoms with Crippen LogP contribution in [-0.2, 0) is 57.5 Å². The average molecular weight is 1230 g/mol. The fraction of sp³-hybridized carbons (Fsp3) is 0.800. The van der Waals surface area contributed by atoms with E-state index >= 15 is 9.59 Å². The van der Waals surface area contributed by atoms with Gasteiger partial charge >= 0.3 is 0 Å². The van der Waals surface area contributed by atoms with Crippen LogP contribution in [0.15, 0.2) is 12.2 Å². The number of allylic oxidation sites excluding steroid dienone is 2. The lowest BCUT2D eigenvalue weighted by Crippen LogP contribution is -2.63. The van der Waals surface area contributed by atoms with Gasteiger partial charge in [-0.3, -0.25) is 52.7 Å². The van der Waals surface area contributed by atoms with Gasteiger partial charge in [-0.15, -0.1) is 0 Å². The standard InChI is InChI=1S/C65H115N9O13/c1-25-28-29-42(14)57(78)56-59(80)67-47(27-3)62(83)68(18)36-53(77)72(22)55(45(17)87-30-26-2)52(76)35-46(40(10)11)61(82)69(19)48(31-37(4)5)51(75)34-43(15)58(79)66-44(16)60(81)70(20)49(32-38(6)7)63(84)71(21)50(33-39(8)9)64(85)73(23)54(41(12)13)65(86)74(56)24/h25,28,37-50,54-57,78H,26-27,29-36H2,1-24H3,(H,66,79)(H,67,80)/b28-25+/t42-,43-,44-,45-,46+,47+,48+,49+,50+,54+,55+,56+,57-/m1/s1. The zero-order chi connectivity index (χ0) is 67.4. The van der Waals surface area contributed by atoms with Crippen LogP contribution >= 0.6 is 0 Å². The van der Waals surface area contributed by atoms with Crippen LogP contribution in [0.4, 0.5) is 0 Å². The smallest absolute Gasteiger partial charge is 0.246 e. The van der Waals surface area contributed by atoms with E-state index in [0.717, 1.165) is 9.80 Å². The number of amides is 9. The third-order valence-electron chi connectivity index (χ3n) is 17.0. The molecule has 3 N–H and O–H groups in total. The van der Waals surface area contributed by atoms with Crippen LogP contribution in [0.25, 0.3) is 0 Å². The molecule has 1 aliphatic heterocycles. The molecule has 0 aliphatic carbocycles. The van der Waals surface area contributed by atoms with Crippen molar-refractivity contribution >= 4 is 64.7 Å². The molecule has 1 rings (SSSR count). The molecule has 1 fully saturated rings. The van der Waals surface area contributed by atoms with E-state index in [4.69, 9.17) is 4.74 Å². The average Bonchev–Trinajstić information content (AvgIpc) is 1.14. The number of Topliss-reactive ketones (excluding diaryl/α,β-unsaturated/α-hetero) is 2. The van der Waals surface area contributed by atoms with Crippen molar-refractivity contribution in [2.45, 2.75) is 230 Å². The molecule has 9 amide bonds. The second-order valence-corrected chi connectivity index (χ2v) is 26.6. The number of nitrogens with zero attached hydrogens (tertiary/aromatic N) is 7. The van der Waals surface area contributed by atoms with Gasteiger partial charge in [0.05, 0.1) is 24.8 Å². The number of likely N-dealkylation sites (N-methyl/N-ethyl adjacent to an activating group) is 7. The molecule has 13 atom stereocenters. The topological polar surface area (TPSA) is 264 Å². The summed E-state index contributed by atoms with van der Waals surface area (Å²) in [5.41, 5.74) is 0. The van der Waals surface area contributed by atoms with Gasteiger partial charge in [0.2, 0.25) is 53.2 Å². The Morgan fingerprint density at radius 1 is 0.540 bits per heavy atom. The van der Waals surface area contributed by atoms with Gasteiger partial charge < -0.3 is 54.8 Å². The number of hydrogen-bond acceptors (Lipinski definition) is 13. The molecular formula is C65H115N9O13. The van der Waals surface area contributed by atoms with Gasteiger partial charge in [-0.1, -0.05) is 109 Å². The first-order valence-corrected chi connectivity index (χ1v) is 31.7. The summed E-state index contributed by atoms with van der Waals surface area (Å²) in [6.45, 7) is 29.7. The Kier molecular flexibility index (Phi) is 33.4. The van der Waals surface area contributed by atoms with Crippen LogP contribution in [0.1, 0.15) is 169 Å². The van der Waals surface area contributed by atoms with E-state index in [-0.39, 0.29) is 62.9 Å². The highest BCUT2D eigenvalue weighted by Crippen LogP contribution is 2.28. The summed E-state index contributed by atoms with van der Waals surface area (Å²) in [4.78, 5) is 170. The van der Waals surface area contributed by atoms with Crippen molar-refractivity contribution in [1.29, 1.82) is 0 Å². The van der Waals surface area contributed by atoms with Crippen LogP contribution < -0.4 is 10.6 Å². The van der Waals surface area contributed by atoms with E-state index in [2.05, 4.69) is 10.6 Å². The largest absolute Gasteiger partial charge is 0.390 e. The van der Waals surface area contributed by atoms with Crippen molar-refractivity contribution in [1.82, 2.24) is 44.9 Å². The molecule has 0 unspecified atom stereocenters. The number of aliphatic hydroxyl groups excluding tert-OH is 1. The lowest BCUT2D eigenvalue weighted by molar-refractivity contribution is -0.157. The van der Waals surface area contributed by atoms with Crippen molar-refractivity contribution in [2.75, 3.05) is 62.5 Å². The first-order valence-electron chi connectivity index (χ1n) is 31.7. The van der Waals surface area contributed by atoms with Crippen LogP contribution in [0.5, 0.6) is 0 Å². The van der Waals surface area contributed by atoms with E-state index in [0.29, 0.717) is 12.8 Å². The lowest BCUT2D eigenvalue weighted by atomic mass is 9.85. The molecular weight excluding hydrogens is 1110 g/mol. The van der Waals surface area contributed by atoms with Crippen molar-refractivity contribution < 1.29 is 62.6 Å². The van der Waals surface area contributed by atoms with Gasteiger partial charge in [-0.05, 0) is 94.8 Å². The van der Waals surface area contributed by atoms with E-state index in [1.54, 1.807) is 68.4 Å². The van der Waals surface area contributed by atoms with Gasteiger partial charge in [0.25, 0.3) is 0 Å². The van der Waals surface area contributed by atoms with Gasteiger partial charge in [0.1, 0.15) is 42.3 Å². The number of carbonyl (C=O) groups excluding carboxylic acids is 11. The Bertz CT molecular complexity index is 2360. The Balaban J connectivity index is 4.37. The first-order chi connectivity index (χ1) is 40.3. The fourth-order valence-electron chi connectivity index (χ4n) is 11.4. The molecule has 0 aromatic rings. The molecule has 22 nitrogen and oxygen atoms in total. The van der Waals surface area contributed by atoms with E-state index < -0.39 is 161 Å². The molecule has 87 heavy (non-hydrogen) atoms. The quantitative estimate of drug-likeness (QED) is 0.158. The van der Waals surface area contributed by atoms with Crippen LogP contribution in [0, 0.1) is 47.3 Å². The van der Waals surface area contributed by atoms with E-state index in [1.165, 1.54) is 80.8 Å². The first kappa shape index (κ1) is 79.2. The summed E-state index contributed by atoms with van der Waals surface area (Å²) in [5.74, 6) is -10.7. The summed E-state index contributed by atoms with van der Waals surface area (Å²) in [6, 6.07) is -9.85. The number of ketones is 2. The van der Waals surface area contributed by atoms with Crippen LogP contribution in [-0.4, -0.2) is 227 Å². The molecule has 0 aromatic carbocycles. The van der Waals surface area contributed by atoms with Gasteiger partial charge in [-0.25, -0.2) is 0 Å². The Morgan fingerprint density at radius 2 is 1.02 bits per heavy atom. The highest BCUT2D eigenvalue weighted by Gasteiger charge is 2.46. The predicted octanol–water partition coefficient (Wildman–Crippen LogP) is 5.22. The van der Waals surface area contributed by atoms with Crippen molar-refractivity contribution in [3.05, 3.63) is 12.2 Å². The number of hydrogen-bond donors (Lipinski definition) is 3. The second kappa shape index (κ2) is 36.6. The van der Waals surface area contributed by atoms with Gasteiger partial charge in [0, 0.05) is 80.6 Å². The Morgan fingerprint density at radius 3 is 1.49 bits per heavy atom. The molecule has 0 bridgehead atoms. The number of carbonyl (C=O) groups is 11. The van der Waals surface area contributed by atoms with Gasteiger partial charge in [-0.2, -0.15) is 0 Å². The zero-order valence-corrected chi connectivity index (χ0v) is 57.6. The van der Waals surface area contributed by atoms with Crippen molar-refractivity contribution in [2.24, 2.45) is 47.3 Å². The predicted molar refractivity (Wildman–Crippen MR) is 337 cm³/mol. The molecule has 498 valence electrons. The third-order valence-corrected chi connectivity index (χ3v) is 17.0. The highest BCUT2D eigenvalue weighted by molar-refractivity contribution is 5.99. The maximum Gasteiger partial charge on any atom is 0.246 e. The van der Waals surface area contributed by atoms with E-state index in [9.17, 15) is 48.3 Å². The molecule has 0 spiro atoms. The van der Waals surface area contributed by atoms with E-state index in [1.807, 2.05) is 54.5 Å². The van der Waals surface area contributed by atoms with Crippen LogP contribution in [0.2, 0.25) is 0 Å². The summed E-state index contributed by atoms with van der Waals surface area (Å²) in [5, 5.41) is 17.6. The number of nitrogens with one attached hydrogen (secondary N) is 2. The Hall–Kier alpha value is -5.77. The molecule has 1 heterocycles.